The van der Waals surface area contributed by atoms with Gasteiger partial charge in [-0.1, -0.05) is 30.3 Å². The Balaban J connectivity index is 1.64. The van der Waals surface area contributed by atoms with Gasteiger partial charge in [0, 0.05) is 30.9 Å². The van der Waals surface area contributed by atoms with Crippen molar-refractivity contribution in [3.8, 4) is 5.75 Å². The molecule has 0 aliphatic rings. The third-order valence-electron chi connectivity index (χ3n) is 5.65. The molecule has 1 aromatic carbocycles. The lowest BCUT2D eigenvalue weighted by Gasteiger charge is -2.20. The van der Waals surface area contributed by atoms with Gasteiger partial charge >= 0.3 is 6.18 Å². The van der Waals surface area contributed by atoms with Crippen LogP contribution in [0.25, 0.3) is 0 Å². The second kappa shape index (κ2) is 10.6. The van der Waals surface area contributed by atoms with E-state index in [9.17, 15) is 27.2 Å². The molecule has 0 saturated carbocycles. The number of aromatic amines is 1. The molecule has 2 N–H and O–H groups in total. The number of H-pyrrole nitrogens is 1. The van der Waals surface area contributed by atoms with Gasteiger partial charge in [0.1, 0.15) is 0 Å². The summed E-state index contributed by atoms with van der Waals surface area (Å²) in [5.41, 5.74) is -0.972. The van der Waals surface area contributed by atoms with Crippen molar-refractivity contribution in [3.63, 3.8) is 0 Å². The molecular weight excluding hydrogens is 494 g/mol. The number of hydrogen-bond donors (Lipinski definition) is 2. The van der Waals surface area contributed by atoms with E-state index in [-0.39, 0.29) is 30.0 Å². The number of aromatic nitrogens is 4. The Morgan fingerprint density at radius 2 is 1.92 bits per heavy atom. The second-order valence-electron chi connectivity index (χ2n) is 8.07. The zero-order valence-corrected chi connectivity index (χ0v) is 19.4. The van der Waals surface area contributed by atoms with Crippen molar-refractivity contribution in [2.24, 2.45) is 0 Å². The van der Waals surface area contributed by atoms with Crippen molar-refractivity contribution in [2.75, 3.05) is 7.11 Å². The molecule has 1 unspecified atom stereocenters. The van der Waals surface area contributed by atoms with E-state index in [4.69, 9.17) is 4.74 Å². The molecule has 3 aromatic heterocycles. The molecule has 1 atom stereocenters. The van der Waals surface area contributed by atoms with E-state index in [1.807, 2.05) is 0 Å². The van der Waals surface area contributed by atoms with Gasteiger partial charge in [0.25, 0.3) is 11.5 Å². The number of methoxy groups -OCH3 is 1. The molecule has 37 heavy (non-hydrogen) atoms. The zero-order chi connectivity index (χ0) is 26.6. The van der Waals surface area contributed by atoms with Crippen LogP contribution in [0, 0.1) is 5.82 Å². The van der Waals surface area contributed by atoms with Crippen molar-refractivity contribution in [1.29, 1.82) is 0 Å². The number of pyridine rings is 2. The first kappa shape index (κ1) is 25.6. The highest BCUT2D eigenvalue weighted by atomic mass is 19.4. The smallest absolute Gasteiger partial charge is 0.433 e. The lowest BCUT2D eigenvalue weighted by molar-refractivity contribution is -0.141. The van der Waals surface area contributed by atoms with Gasteiger partial charge in [-0.2, -0.15) is 18.3 Å². The number of amides is 1. The summed E-state index contributed by atoms with van der Waals surface area (Å²) in [6.07, 6.45) is -1.25. The highest BCUT2D eigenvalue weighted by Crippen LogP contribution is 2.31. The highest BCUT2D eigenvalue weighted by Gasteiger charge is 2.38. The third-order valence-corrected chi connectivity index (χ3v) is 5.65. The van der Waals surface area contributed by atoms with Crippen molar-refractivity contribution in [3.05, 3.63) is 111 Å². The molecule has 0 bridgehead atoms. The molecule has 0 aliphatic carbocycles. The maximum atomic E-state index is 14.8. The first-order valence-corrected chi connectivity index (χ1v) is 11.0. The maximum absolute atomic E-state index is 14.8. The molecule has 3 heterocycles. The summed E-state index contributed by atoms with van der Waals surface area (Å²) < 4.78 is 61.2. The van der Waals surface area contributed by atoms with Crippen LogP contribution >= 0.6 is 0 Å². The molecule has 0 saturated heterocycles. The van der Waals surface area contributed by atoms with Gasteiger partial charge < -0.3 is 14.6 Å². The van der Waals surface area contributed by atoms with E-state index in [2.05, 4.69) is 15.4 Å². The van der Waals surface area contributed by atoms with E-state index in [0.29, 0.717) is 5.56 Å². The van der Waals surface area contributed by atoms with Crippen molar-refractivity contribution in [2.45, 2.75) is 25.2 Å². The molecule has 0 fully saturated rings. The van der Waals surface area contributed by atoms with E-state index in [1.165, 1.54) is 30.0 Å². The van der Waals surface area contributed by atoms with Gasteiger partial charge in [-0.05, 0) is 17.2 Å². The van der Waals surface area contributed by atoms with Crippen LogP contribution in [0.3, 0.4) is 0 Å². The van der Waals surface area contributed by atoms with Crippen LogP contribution in [-0.2, 0) is 19.1 Å². The number of carbonyl (C=O) groups excluding carboxylic acids is 1. The minimum atomic E-state index is -4.82. The number of hydrogen-bond acceptors (Lipinski definition) is 5. The molecule has 0 aliphatic heterocycles. The summed E-state index contributed by atoms with van der Waals surface area (Å²) in [4.78, 5) is 28.9. The number of nitrogens with zero attached hydrogens (tertiary/aromatic N) is 3. The summed E-state index contributed by atoms with van der Waals surface area (Å²) in [5.74, 6) is -1.86. The Bertz CT molecular complexity index is 1450. The van der Waals surface area contributed by atoms with Crippen LogP contribution in [0.5, 0.6) is 5.75 Å². The highest BCUT2D eigenvalue weighted by molar-refractivity contribution is 5.95. The van der Waals surface area contributed by atoms with Gasteiger partial charge in [0.05, 0.1) is 37.2 Å². The summed E-state index contributed by atoms with van der Waals surface area (Å²) >= 11 is 0. The Labute approximate surface area is 207 Å². The number of ether oxygens (including phenoxy) is 1. The van der Waals surface area contributed by atoms with Gasteiger partial charge in [0.15, 0.2) is 17.3 Å². The number of benzene rings is 1. The standard InChI is InChI=1S/C25H21F4N5O3/c1-37-20-9-10-30-19(22(20)26)12-18(32-24(36)17-13-31-33-23(17)25(27,28)29)16-7-5-15(6-8-16)14-34-11-3-2-4-21(34)35/h2-11,13,18H,12,14H2,1H3,(H,31,33)(H,32,36). The minimum absolute atomic E-state index is 0.0483. The monoisotopic (exact) mass is 515 g/mol. The summed E-state index contributed by atoms with van der Waals surface area (Å²) in [7, 11) is 1.29. The first-order chi connectivity index (χ1) is 17.7. The number of carbonyl (C=O) groups is 1. The summed E-state index contributed by atoms with van der Waals surface area (Å²) in [5, 5.41) is 7.68. The average Bonchev–Trinajstić information content (AvgIpc) is 3.38. The van der Waals surface area contributed by atoms with Crippen molar-refractivity contribution in [1.82, 2.24) is 25.1 Å². The average molecular weight is 515 g/mol. The number of nitrogens with one attached hydrogen (secondary N) is 2. The van der Waals surface area contributed by atoms with Gasteiger partial charge in [-0.15, -0.1) is 0 Å². The van der Waals surface area contributed by atoms with E-state index >= 15 is 0 Å². The first-order valence-electron chi connectivity index (χ1n) is 11.0. The Hall–Kier alpha value is -4.48. The fraction of sp³-hybridized carbons (Fsp3) is 0.200. The van der Waals surface area contributed by atoms with E-state index in [0.717, 1.165) is 11.8 Å². The quantitative estimate of drug-likeness (QED) is 0.347. The Morgan fingerprint density at radius 3 is 2.59 bits per heavy atom. The molecule has 4 rings (SSSR count). The van der Waals surface area contributed by atoms with E-state index < -0.39 is 35.2 Å². The van der Waals surface area contributed by atoms with Crippen LogP contribution < -0.4 is 15.6 Å². The summed E-state index contributed by atoms with van der Waals surface area (Å²) in [6.45, 7) is 0.285. The molecule has 0 spiro atoms. The normalized spacial score (nSPS) is 12.2. The van der Waals surface area contributed by atoms with Crippen LogP contribution in [-0.4, -0.2) is 32.8 Å². The minimum Gasteiger partial charge on any atom is -0.494 e. The SMILES string of the molecule is COc1ccnc(CC(NC(=O)c2cn[nH]c2C(F)(F)F)c2ccc(Cn3ccccc3=O)cc2)c1F. The molecule has 0 radical (unpaired) electrons. The number of rotatable bonds is 8. The Morgan fingerprint density at radius 1 is 1.16 bits per heavy atom. The van der Waals surface area contributed by atoms with E-state index in [1.54, 1.807) is 47.7 Å². The fourth-order valence-electron chi connectivity index (χ4n) is 3.77. The predicted molar refractivity (Wildman–Crippen MR) is 124 cm³/mol. The third kappa shape index (κ3) is 5.85. The van der Waals surface area contributed by atoms with Crippen molar-refractivity contribution < 1.29 is 27.1 Å². The van der Waals surface area contributed by atoms with Crippen LogP contribution in [0.4, 0.5) is 17.6 Å². The van der Waals surface area contributed by atoms with Gasteiger partial charge in [-0.3, -0.25) is 19.7 Å². The summed E-state index contributed by atoms with van der Waals surface area (Å²) in [6, 6.07) is 11.9. The molecule has 4 aromatic rings. The van der Waals surface area contributed by atoms with Gasteiger partial charge in [0.2, 0.25) is 0 Å². The molecule has 12 heteroatoms. The topological polar surface area (TPSA) is 102 Å². The molecular formula is C25H21F4N5O3. The van der Waals surface area contributed by atoms with Crippen LogP contribution in [0.2, 0.25) is 0 Å². The lowest BCUT2D eigenvalue weighted by atomic mass is 9.99. The number of alkyl halides is 3. The number of halogens is 4. The molecule has 8 nitrogen and oxygen atoms in total. The van der Waals surface area contributed by atoms with Gasteiger partial charge in [-0.25, -0.2) is 4.39 Å². The lowest BCUT2D eigenvalue weighted by Crippen LogP contribution is -2.31. The fourth-order valence-corrected chi connectivity index (χ4v) is 3.77. The van der Waals surface area contributed by atoms with Crippen LogP contribution in [0.1, 0.15) is 38.9 Å². The maximum Gasteiger partial charge on any atom is 0.433 e. The van der Waals surface area contributed by atoms with Crippen LogP contribution in [0.15, 0.2) is 71.9 Å². The second-order valence-corrected chi connectivity index (χ2v) is 8.07. The zero-order valence-electron chi connectivity index (χ0n) is 19.4. The van der Waals surface area contributed by atoms with Crippen molar-refractivity contribution >= 4 is 5.91 Å². The molecule has 1 amide bonds. The largest absolute Gasteiger partial charge is 0.494 e. The Kier molecular flexibility index (Phi) is 7.37. The molecule has 192 valence electrons. The predicted octanol–water partition coefficient (Wildman–Crippen LogP) is 3.90.